The number of aromatic nitrogens is 4. The number of allylic oxidation sites excluding steroid dienone is 1. The van der Waals surface area contributed by atoms with E-state index in [1.54, 1.807) is 30.7 Å². The number of nitrogens with zero attached hydrogens (tertiary/aromatic N) is 5. The molecule has 2 aromatic heterocycles. The number of aryl methyl sites for hydroxylation is 1. The van der Waals surface area contributed by atoms with E-state index in [9.17, 15) is 14.4 Å². The van der Waals surface area contributed by atoms with Gasteiger partial charge in [-0.25, -0.2) is 14.5 Å². The van der Waals surface area contributed by atoms with Crippen LogP contribution in [0, 0.1) is 24.7 Å². The normalized spacial score (nSPS) is 26.1. The minimum Gasteiger partial charge on any atom is -0.496 e. The molecular weight excluding hydrogens is 612 g/mol. The summed E-state index contributed by atoms with van der Waals surface area (Å²) < 4.78 is 19.3. The smallest absolute Gasteiger partial charge is 0.332 e. The van der Waals surface area contributed by atoms with Crippen LogP contribution in [-0.2, 0) is 19.1 Å². The van der Waals surface area contributed by atoms with Gasteiger partial charge in [0.05, 0.1) is 42.1 Å². The molecule has 0 radical (unpaired) electrons. The largest absolute Gasteiger partial charge is 0.496 e. The molecule has 12 heteroatoms. The molecule has 2 aliphatic carbocycles. The molecule has 6 rings (SSSR count). The lowest BCUT2D eigenvalue weighted by molar-refractivity contribution is -0.150. The highest BCUT2D eigenvalue weighted by atomic mass is 16.5. The highest BCUT2D eigenvalue weighted by Crippen LogP contribution is 2.47. The van der Waals surface area contributed by atoms with E-state index in [4.69, 9.17) is 29.3 Å². The minimum absolute atomic E-state index is 0.0991. The Morgan fingerprint density at radius 3 is 2.65 bits per heavy atom. The number of methoxy groups -OCH3 is 1. The summed E-state index contributed by atoms with van der Waals surface area (Å²) >= 11 is 0. The van der Waals surface area contributed by atoms with E-state index < -0.39 is 29.4 Å². The van der Waals surface area contributed by atoms with E-state index in [2.05, 4.69) is 25.2 Å². The number of hydrogen-bond donors (Lipinski definition) is 1. The Balaban J connectivity index is 1.34. The molecule has 256 valence electrons. The van der Waals surface area contributed by atoms with Crippen molar-refractivity contribution in [2.75, 3.05) is 27.3 Å². The predicted octanol–water partition coefficient (Wildman–Crippen LogP) is 4.67. The molecular formula is C36H46N6O6. The van der Waals surface area contributed by atoms with E-state index in [0.717, 1.165) is 30.5 Å². The first-order valence-corrected chi connectivity index (χ1v) is 17.0. The summed E-state index contributed by atoms with van der Waals surface area (Å²) in [4.78, 5) is 52.5. The summed E-state index contributed by atoms with van der Waals surface area (Å²) in [6, 6.07) is 5.66. The molecule has 0 unspecified atom stereocenters. The van der Waals surface area contributed by atoms with Crippen molar-refractivity contribution in [3.8, 4) is 17.6 Å². The zero-order chi connectivity index (χ0) is 34.2. The highest BCUT2D eigenvalue weighted by molar-refractivity contribution is 5.95. The Morgan fingerprint density at radius 2 is 1.92 bits per heavy atom. The maximum atomic E-state index is 14.1. The zero-order valence-corrected chi connectivity index (χ0v) is 28.7. The molecule has 2 saturated carbocycles. The van der Waals surface area contributed by atoms with Gasteiger partial charge < -0.3 is 24.4 Å². The van der Waals surface area contributed by atoms with Crippen molar-refractivity contribution < 1.29 is 28.6 Å². The number of hydrogen-bond acceptors (Lipinski definition) is 9. The standard InChI is InChI=1S/C36H46N6O6/c1-7-47-34(45)36-20-23(36)12-10-8-9-11-16-41(5)33(44)27-19-24(18-26(27)31(43)39-36)48-32-25-13-14-29(46-6)22(4)30(25)37-35(38-32)42-17-15-28(40-42)21(2)3/h10,12-15,17,21,23-24,26-27H,7-9,11,16,18-20H2,1-6H3,(H,39,43)/t23-,24-,26-,27-,36-/m1/s1. The third kappa shape index (κ3) is 6.36. The summed E-state index contributed by atoms with van der Waals surface area (Å²) in [5, 5.41) is 8.43. The van der Waals surface area contributed by atoms with Gasteiger partial charge in [0.2, 0.25) is 17.7 Å². The predicted molar refractivity (Wildman–Crippen MR) is 179 cm³/mol. The maximum absolute atomic E-state index is 14.1. The molecule has 1 aliphatic heterocycles. The molecule has 3 heterocycles. The van der Waals surface area contributed by atoms with E-state index >= 15 is 0 Å². The van der Waals surface area contributed by atoms with Crippen LogP contribution in [-0.4, -0.2) is 81.4 Å². The Hall–Kier alpha value is -4.48. The number of benzene rings is 1. The Kier molecular flexibility index (Phi) is 9.44. The van der Waals surface area contributed by atoms with Crippen molar-refractivity contribution in [2.24, 2.45) is 17.8 Å². The second-order valence-electron chi connectivity index (χ2n) is 13.6. The second kappa shape index (κ2) is 13.6. The van der Waals surface area contributed by atoms with Crippen molar-refractivity contribution in [3.05, 3.63) is 47.8 Å². The molecule has 3 aromatic rings. The number of rotatable bonds is 7. The van der Waals surface area contributed by atoms with E-state index in [0.29, 0.717) is 47.9 Å². The number of nitrogens with one attached hydrogen (secondary N) is 1. The Bertz CT molecular complexity index is 1730. The van der Waals surface area contributed by atoms with E-state index in [1.807, 2.05) is 37.4 Å². The maximum Gasteiger partial charge on any atom is 0.332 e. The van der Waals surface area contributed by atoms with Gasteiger partial charge in [-0.05, 0) is 76.5 Å². The van der Waals surface area contributed by atoms with Crippen LogP contribution in [0.2, 0.25) is 0 Å². The monoisotopic (exact) mass is 658 g/mol. The number of carbonyl (C=O) groups excluding carboxylic acids is 3. The zero-order valence-electron chi connectivity index (χ0n) is 28.7. The van der Waals surface area contributed by atoms with Crippen molar-refractivity contribution in [1.82, 2.24) is 30.0 Å². The molecule has 48 heavy (non-hydrogen) atoms. The number of carbonyl (C=O) groups is 3. The number of ether oxygens (including phenoxy) is 3. The fraction of sp³-hybridized carbons (Fsp3) is 0.556. The molecule has 5 atom stereocenters. The summed E-state index contributed by atoms with van der Waals surface area (Å²) in [6.45, 7) is 8.65. The molecule has 1 aromatic carbocycles. The van der Waals surface area contributed by atoms with E-state index in [1.165, 1.54) is 0 Å². The molecule has 12 nitrogen and oxygen atoms in total. The van der Waals surface area contributed by atoms with Gasteiger partial charge in [-0.15, -0.1) is 0 Å². The highest BCUT2D eigenvalue weighted by Gasteiger charge is 2.62. The van der Waals surface area contributed by atoms with Gasteiger partial charge in [-0.1, -0.05) is 26.0 Å². The topological polar surface area (TPSA) is 138 Å². The third-order valence-electron chi connectivity index (χ3n) is 9.96. The van der Waals surface area contributed by atoms with Crippen LogP contribution in [0.1, 0.15) is 76.5 Å². The molecule has 0 bridgehead atoms. The van der Waals surface area contributed by atoms with Crippen molar-refractivity contribution in [1.29, 1.82) is 0 Å². The summed E-state index contributed by atoms with van der Waals surface area (Å²) in [6.07, 6.45) is 9.10. The van der Waals surface area contributed by atoms with Crippen LogP contribution < -0.4 is 14.8 Å². The van der Waals surface area contributed by atoms with Gasteiger partial charge in [-0.2, -0.15) is 10.1 Å². The first-order valence-electron chi connectivity index (χ1n) is 17.0. The fourth-order valence-corrected chi connectivity index (χ4v) is 7.04. The van der Waals surface area contributed by atoms with Gasteiger partial charge in [0.15, 0.2) is 0 Å². The quantitative estimate of drug-likeness (QED) is 0.284. The molecule has 3 aliphatic rings. The SMILES string of the molecule is CCOC(=O)[C@@]12C[C@H]1C=CCCCCN(C)C(=O)[C@@H]1C[C@H](Oc3nc(-n4ccc(C(C)C)n4)nc4c(C)c(OC)ccc34)C[C@H]1C(=O)N2. The van der Waals surface area contributed by atoms with Crippen molar-refractivity contribution in [3.63, 3.8) is 0 Å². The molecule has 0 saturated heterocycles. The molecule has 2 fully saturated rings. The molecule has 0 spiro atoms. The van der Waals surface area contributed by atoms with Crippen molar-refractivity contribution >= 4 is 28.7 Å². The van der Waals surface area contributed by atoms with Crippen LogP contribution in [0.3, 0.4) is 0 Å². The molecule has 2 amide bonds. The van der Waals surface area contributed by atoms with Gasteiger partial charge in [0.1, 0.15) is 17.4 Å². The lowest BCUT2D eigenvalue weighted by Gasteiger charge is -2.26. The lowest BCUT2D eigenvalue weighted by atomic mass is 9.93. The summed E-state index contributed by atoms with van der Waals surface area (Å²) in [5.74, 6) is -0.735. The lowest BCUT2D eigenvalue weighted by Crippen LogP contribution is -2.50. The summed E-state index contributed by atoms with van der Waals surface area (Å²) in [7, 11) is 3.41. The number of amides is 2. The van der Waals surface area contributed by atoms with Crippen molar-refractivity contribution in [2.45, 2.75) is 83.8 Å². The van der Waals surface area contributed by atoms with E-state index in [-0.39, 0.29) is 36.7 Å². The van der Waals surface area contributed by atoms with Crippen LogP contribution in [0.4, 0.5) is 0 Å². The van der Waals surface area contributed by atoms with Crippen LogP contribution >= 0.6 is 0 Å². The van der Waals surface area contributed by atoms with Crippen LogP contribution in [0.15, 0.2) is 36.5 Å². The Labute approximate surface area is 281 Å². The average Bonchev–Trinajstić information content (AvgIpc) is 3.37. The van der Waals surface area contributed by atoms with Crippen LogP contribution in [0.25, 0.3) is 16.9 Å². The van der Waals surface area contributed by atoms with Gasteiger partial charge in [0, 0.05) is 31.3 Å². The number of esters is 1. The average molecular weight is 659 g/mol. The minimum atomic E-state index is -1.11. The van der Waals surface area contributed by atoms with Gasteiger partial charge >= 0.3 is 5.97 Å². The van der Waals surface area contributed by atoms with Gasteiger partial charge in [0.25, 0.3) is 5.95 Å². The first-order chi connectivity index (χ1) is 23.1. The third-order valence-corrected chi connectivity index (χ3v) is 9.96. The first kappa shape index (κ1) is 33.4. The number of fused-ring (bicyclic) bond motifs is 3. The Morgan fingerprint density at radius 1 is 1.12 bits per heavy atom. The summed E-state index contributed by atoms with van der Waals surface area (Å²) in [5.41, 5.74) is 1.28. The van der Waals surface area contributed by atoms with Crippen LogP contribution in [0.5, 0.6) is 11.6 Å². The fourth-order valence-electron chi connectivity index (χ4n) is 7.04. The second-order valence-corrected chi connectivity index (χ2v) is 13.6. The van der Waals surface area contributed by atoms with Gasteiger partial charge in [-0.3, -0.25) is 9.59 Å². The molecule has 1 N–H and O–H groups in total.